The summed E-state index contributed by atoms with van der Waals surface area (Å²) in [6, 6.07) is 9.51. The molecule has 1 aliphatic rings. The molecule has 0 radical (unpaired) electrons. The maximum absolute atomic E-state index is 12.0. The maximum Gasteiger partial charge on any atom is 0.337 e. The largest absolute Gasteiger partial charge is 0.474 e. The van der Waals surface area contributed by atoms with Gasteiger partial charge in [0, 0.05) is 12.0 Å². The Kier molecular flexibility index (Phi) is 3.69. The van der Waals surface area contributed by atoms with Gasteiger partial charge in [0.1, 0.15) is 6.61 Å². The highest BCUT2D eigenvalue weighted by molar-refractivity contribution is 5.99. The summed E-state index contributed by atoms with van der Waals surface area (Å²) in [6.45, 7) is 5.90. The predicted octanol–water partition coefficient (Wildman–Crippen LogP) is 2.34. The van der Waals surface area contributed by atoms with Gasteiger partial charge in [-0.2, -0.15) is 0 Å². The summed E-state index contributed by atoms with van der Waals surface area (Å²) in [5.41, 5.74) is 0.730. The summed E-state index contributed by atoms with van der Waals surface area (Å²) >= 11 is 0. The van der Waals surface area contributed by atoms with Crippen molar-refractivity contribution in [1.82, 2.24) is 0 Å². The minimum atomic E-state index is -0.994. The van der Waals surface area contributed by atoms with Crippen molar-refractivity contribution in [2.45, 2.75) is 18.9 Å². The molecule has 0 fully saturated rings. The Hall–Kier alpha value is -2.10. The number of carbonyl (C=O) groups excluding carboxylic acids is 1. The Labute approximate surface area is 112 Å². The summed E-state index contributed by atoms with van der Waals surface area (Å²) in [4.78, 5) is 16.5. The molecule has 1 aliphatic heterocycles. The van der Waals surface area contributed by atoms with Crippen molar-refractivity contribution in [2.24, 2.45) is 4.99 Å². The van der Waals surface area contributed by atoms with Gasteiger partial charge in [-0.15, -0.1) is 6.58 Å². The molecule has 0 aliphatic carbocycles. The number of benzene rings is 1. The monoisotopic (exact) mass is 259 g/mol. The van der Waals surface area contributed by atoms with Crippen molar-refractivity contribution in [2.75, 3.05) is 13.7 Å². The van der Waals surface area contributed by atoms with E-state index in [-0.39, 0.29) is 12.6 Å². The lowest BCUT2D eigenvalue weighted by atomic mass is 9.94. The molecule has 19 heavy (non-hydrogen) atoms. The highest BCUT2D eigenvalue weighted by Crippen LogP contribution is 2.29. The Morgan fingerprint density at radius 2 is 2.16 bits per heavy atom. The summed E-state index contributed by atoms with van der Waals surface area (Å²) in [7, 11) is 1.36. The molecule has 0 amide bonds. The van der Waals surface area contributed by atoms with Crippen LogP contribution < -0.4 is 0 Å². The first-order chi connectivity index (χ1) is 9.07. The summed E-state index contributed by atoms with van der Waals surface area (Å²) in [5.74, 6) is 0.0914. The SMILES string of the molecule is C=C(C)C[C@@]1(C(=O)OC)COC(c2ccccc2)=N1. The van der Waals surface area contributed by atoms with E-state index in [1.54, 1.807) is 0 Å². The number of hydrogen-bond donors (Lipinski definition) is 0. The van der Waals surface area contributed by atoms with Crippen molar-refractivity contribution >= 4 is 11.9 Å². The first-order valence-corrected chi connectivity index (χ1v) is 6.08. The van der Waals surface area contributed by atoms with Crippen LogP contribution in [0.15, 0.2) is 47.5 Å². The van der Waals surface area contributed by atoms with Crippen LogP contribution in [0.5, 0.6) is 0 Å². The number of carbonyl (C=O) groups is 1. The number of ether oxygens (including phenoxy) is 2. The second-order valence-electron chi connectivity index (χ2n) is 4.73. The van der Waals surface area contributed by atoms with Gasteiger partial charge in [-0.3, -0.25) is 0 Å². The average molecular weight is 259 g/mol. The second kappa shape index (κ2) is 5.26. The van der Waals surface area contributed by atoms with Gasteiger partial charge in [0.25, 0.3) is 0 Å². The van der Waals surface area contributed by atoms with Crippen molar-refractivity contribution in [3.63, 3.8) is 0 Å². The standard InChI is InChI=1S/C15H17NO3/c1-11(2)9-15(14(17)18-3)10-19-13(16-15)12-7-5-4-6-8-12/h4-8H,1,9-10H2,2-3H3/t15-/m0/s1. The van der Waals surface area contributed by atoms with Gasteiger partial charge in [0.15, 0.2) is 5.54 Å². The number of nitrogens with zero attached hydrogens (tertiary/aromatic N) is 1. The molecular formula is C15H17NO3. The van der Waals surface area contributed by atoms with E-state index in [1.807, 2.05) is 37.3 Å². The zero-order valence-electron chi connectivity index (χ0n) is 11.2. The van der Waals surface area contributed by atoms with Gasteiger partial charge in [-0.1, -0.05) is 23.8 Å². The van der Waals surface area contributed by atoms with Crippen molar-refractivity contribution < 1.29 is 14.3 Å². The molecule has 0 saturated carbocycles. The average Bonchev–Trinajstić information content (AvgIpc) is 2.83. The van der Waals surface area contributed by atoms with Gasteiger partial charge >= 0.3 is 5.97 Å². The van der Waals surface area contributed by atoms with Crippen LogP contribution in [0, 0.1) is 0 Å². The van der Waals surface area contributed by atoms with E-state index >= 15 is 0 Å². The predicted molar refractivity (Wildman–Crippen MR) is 73.1 cm³/mol. The molecule has 4 heteroatoms. The van der Waals surface area contributed by atoms with E-state index < -0.39 is 5.54 Å². The Morgan fingerprint density at radius 3 is 2.74 bits per heavy atom. The molecule has 0 aromatic heterocycles. The van der Waals surface area contributed by atoms with Crippen LogP contribution >= 0.6 is 0 Å². The van der Waals surface area contributed by atoms with Crippen LogP contribution in [-0.4, -0.2) is 31.1 Å². The highest BCUT2D eigenvalue weighted by Gasteiger charge is 2.45. The van der Waals surface area contributed by atoms with Crippen LogP contribution in [0.3, 0.4) is 0 Å². The molecule has 1 heterocycles. The van der Waals surface area contributed by atoms with Gasteiger partial charge in [0.2, 0.25) is 5.90 Å². The van der Waals surface area contributed by atoms with E-state index in [1.165, 1.54) is 7.11 Å². The Balaban J connectivity index is 2.35. The van der Waals surface area contributed by atoms with E-state index in [2.05, 4.69) is 11.6 Å². The number of rotatable bonds is 4. The van der Waals surface area contributed by atoms with Crippen LogP contribution in [-0.2, 0) is 14.3 Å². The highest BCUT2D eigenvalue weighted by atomic mass is 16.5. The van der Waals surface area contributed by atoms with Crippen molar-refractivity contribution in [1.29, 1.82) is 0 Å². The molecule has 2 rings (SSSR count). The first kappa shape index (κ1) is 13.3. The van der Waals surface area contributed by atoms with Gasteiger partial charge in [-0.25, -0.2) is 9.79 Å². The lowest BCUT2D eigenvalue weighted by Gasteiger charge is -2.20. The quantitative estimate of drug-likeness (QED) is 0.616. The van der Waals surface area contributed by atoms with E-state index in [0.29, 0.717) is 12.3 Å². The zero-order valence-corrected chi connectivity index (χ0v) is 11.2. The first-order valence-electron chi connectivity index (χ1n) is 6.08. The van der Waals surface area contributed by atoms with Gasteiger partial charge in [0.05, 0.1) is 7.11 Å². The molecule has 0 unspecified atom stereocenters. The minimum absolute atomic E-state index is 0.191. The summed E-state index contributed by atoms with van der Waals surface area (Å²) in [6.07, 6.45) is 0.427. The second-order valence-corrected chi connectivity index (χ2v) is 4.73. The molecule has 0 spiro atoms. The maximum atomic E-state index is 12.0. The summed E-state index contributed by atoms with van der Waals surface area (Å²) in [5, 5.41) is 0. The molecule has 100 valence electrons. The van der Waals surface area contributed by atoms with Crippen molar-refractivity contribution in [3.05, 3.63) is 48.0 Å². The molecule has 0 saturated heterocycles. The molecular weight excluding hydrogens is 242 g/mol. The lowest BCUT2D eigenvalue weighted by Crippen LogP contribution is -2.39. The number of methoxy groups -OCH3 is 1. The van der Waals surface area contributed by atoms with Crippen LogP contribution in [0.1, 0.15) is 18.9 Å². The van der Waals surface area contributed by atoms with Crippen LogP contribution in [0.2, 0.25) is 0 Å². The molecule has 1 atom stereocenters. The minimum Gasteiger partial charge on any atom is -0.474 e. The third-order valence-electron chi connectivity index (χ3n) is 2.94. The summed E-state index contributed by atoms with van der Waals surface area (Å²) < 4.78 is 10.4. The van der Waals surface area contributed by atoms with Crippen LogP contribution in [0.25, 0.3) is 0 Å². The topological polar surface area (TPSA) is 47.9 Å². The van der Waals surface area contributed by atoms with E-state index in [0.717, 1.165) is 11.1 Å². The third-order valence-corrected chi connectivity index (χ3v) is 2.94. The van der Waals surface area contributed by atoms with Gasteiger partial charge in [-0.05, 0) is 19.1 Å². The number of esters is 1. The number of aliphatic imine (C=N–C) groups is 1. The normalized spacial score (nSPS) is 21.5. The van der Waals surface area contributed by atoms with E-state index in [9.17, 15) is 4.79 Å². The molecule has 0 N–H and O–H groups in total. The number of hydrogen-bond acceptors (Lipinski definition) is 4. The lowest BCUT2D eigenvalue weighted by molar-refractivity contribution is -0.147. The fourth-order valence-electron chi connectivity index (χ4n) is 2.13. The molecule has 1 aromatic rings. The zero-order chi connectivity index (χ0) is 13.9. The van der Waals surface area contributed by atoms with Gasteiger partial charge < -0.3 is 9.47 Å². The smallest absolute Gasteiger partial charge is 0.337 e. The fourth-order valence-corrected chi connectivity index (χ4v) is 2.13. The van der Waals surface area contributed by atoms with Crippen molar-refractivity contribution in [3.8, 4) is 0 Å². The Bertz CT molecular complexity index is 521. The molecule has 0 bridgehead atoms. The molecule has 1 aromatic carbocycles. The Morgan fingerprint density at radius 1 is 1.47 bits per heavy atom. The van der Waals surface area contributed by atoms with E-state index in [4.69, 9.17) is 9.47 Å². The fraction of sp³-hybridized carbons (Fsp3) is 0.333. The third kappa shape index (κ3) is 2.67. The van der Waals surface area contributed by atoms with Crippen LogP contribution in [0.4, 0.5) is 0 Å². The molecule has 4 nitrogen and oxygen atoms in total.